The highest BCUT2D eigenvalue weighted by molar-refractivity contribution is 5.28. The van der Waals surface area contributed by atoms with Crippen LogP contribution >= 0.6 is 0 Å². The molecule has 2 heterocycles. The number of aryl methyl sites for hydroxylation is 2. The summed E-state index contributed by atoms with van der Waals surface area (Å²) in [6.45, 7) is 4.14. The van der Waals surface area contributed by atoms with E-state index in [1.807, 2.05) is 0 Å². The van der Waals surface area contributed by atoms with Gasteiger partial charge in [0.2, 0.25) is 0 Å². The van der Waals surface area contributed by atoms with E-state index in [0.717, 1.165) is 37.2 Å². The molecule has 0 aliphatic carbocycles. The van der Waals surface area contributed by atoms with Crippen molar-refractivity contribution < 1.29 is 0 Å². The van der Waals surface area contributed by atoms with Gasteiger partial charge in [-0.3, -0.25) is 9.89 Å². The molecule has 1 N–H and O–H groups in total. The van der Waals surface area contributed by atoms with E-state index < -0.39 is 0 Å². The van der Waals surface area contributed by atoms with Crippen molar-refractivity contribution in [3.63, 3.8) is 0 Å². The van der Waals surface area contributed by atoms with Crippen molar-refractivity contribution in [1.82, 2.24) is 19.6 Å². The van der Waals surface area contributed by atoms with Gasteiger partial charge in [0.1, 0.15) is 5.82 Å². The normalized spacial score (nSPS) is 11.1. The smallest absolute Gasteiger partial charge is 0.274 e. The largest absolute Gasteiger partial charge is 0.275 e. The molecule has 0 unspecified atom stereocenters. The number of aromatic amines is 1. The predicted octanol–water partition coefficient (Wildman–Crippen LogP) is 1.32. The van der Waals surface area contributed by atoms with Crippen LogP contribution in [0.3, 0.4) is 0 Å². The molecule has 0 atom stereocenters. The number of fused-ring (bicyclic) bond motifs is 1. The van der Waals surface area contributed by atoms with Gasteiger partial charge >= 0.3 is 0 Å². The molecule has 0 saturated carbocycles. The molecule has 16 heavy (non-hydrogen) atoms. The third-order valence-corrected chi connectivity index (χ3v) is 2.42. The minimum absolute atomic E-state index is 0.0803. The third kappa shape index (κ3) is 1.98. The molecule has 2 aromatic heterocycles. The van der Waals surface area contributed by atoms with Crippen LogP contribution in [0.1, 0.15) is 38.2 Å². The lowest BCUT2D eigenvalue weighted by molar-refractivity contribution is 0.798. The van der Waals surface area contributed by atoms with E-state index in [0.29, 0.717) is 5.78 Å². The molecule has 0 spiro atoms. The maximum atomic E-state index is 11.7. The zero-order chi connectivity index (χ0) is 11.5. The van der Waals surface area contributed by atoms with Crippen LogP contribution in [0, 0.1) is 0 Å². The van der Waals surface area contributed by atoms with Crippen LogP contribution in [0.2, 0.25) is 0 Å². The fourth-order valence-corrected chi connectivity index (χ4v) is 1.70. The predicted molar refractivity (Wildman–Crippen MR) is 61.6 cm³/mol. The molecule has 0 saturated heterocycles. The van der Waals surface area contributed by atoms with E-state index in [2.05, 4.69) is 28.9 Å². The summed E-state index contributed by atoms with van der Waals surface area (Å²) >= 11 is 0. The minimum Gasteiger partial charge on any atom is -0.275 e. The van der Waals surface area contributed by atoms with Crippen molar-refractivity contribution in [2.24, 2.45) is 0 Å². The molecule has 0 fully saturated rings. The number of aromatic nitrogens is 4. The number of nitrogens with one attached hydrogen (secondary N) is 1. The van der Waals surface area contributed by atoms with Crippen LogP contribution in [0.4, 0.5) is 0 Å². The molecular weight excluding hydrogens is 204 g/mol. The molecular formula is C11H16N4O. The van der Waals surface area contributed by atoms with Gasteiger partial charge in [-0.05, 0) is 12.8 Å². The van der Waals surface area contributed by atoms with Gasteiger partial charge < -0.3 is 0 Å². The van der Waals surface area contributed by atoms with Gasteiger partial charge in [0, 0.05) is 12.5 Å². The Morgan fingerprint density at radius 1 is 1.25 bits per heavy atom. The fourth-order valence-electron chi connectivity index (χ4n) is 1.70. The molecule has 0 aliphatic rings. The maximum Gasteiger partial charge on any atom is 0.274 e. The Morgan fingerprint density at radius 3 is 2.69 bits per heavy atom. The third-order valence-electron chi connectivity index (χ3n) is 2.42. The SMILES string of the molecule is CCCc1cc(=O)n2[nH]c(CCC)nc2n1. The summed E-state index contributed by atoms with van der Waals surface area (Å²) in [4.78, 5) is 20.4. The van der Waals surface area contributed by atoms with Gasteiger partial charge in [-0.15, -0.1) is 0 Å². The first-order valence-electron chi connectivity index (χ1n) is 5.72. The van der Waals surface area contributed by atoms with E-state index >= 15 is 0 Å². The van der Waals surface area contributed by atoms with Gasteiger partial charge in [0.05, 0.1) is 5.69 Å². The maximum absolute atomic E-state index is 11.7. The van der Waals surface area contributed by atoms with Gasteiger partial charge in [-0.2, -0.15) is 9.50 Å². The molecule has 0 bridgehead atoms. The molecule has 5 nitrogen and oxygen atoms in total. The first-order valence-corrected chi connectivity index (χ1v) is 5.72. The second-order valence-electron chi connectivity index (χ2n) is 3.89. The van der Waals surface area contributed by atoms with Crippen molar-refractivity contribution in [2.45, 2.75) is 39.5 Å². The van der Waals surface area contributed by atoms with Crippen molar-refractivity contribution in [3.05, 3.63) is 27.9 Å². The van der Waals surface area contributed by atoms with Crippen molar-refractivity contribution in [3.8, 4) is 0 Å². The Hall–Kier alpha value is -1.65. The highest BCUT2D eigenvalue weighted by atomic mass is 16.1. The Bertz CT molecular complexity index is 540. The molecule has 2 rings (SSSR count). The number of rotatable bonds is 4. The molecule has 0 radical (unpaired) electrons. The Morgan fingerprint density at radius 2 is 2.00 bits per heavy atom. The standard InChI is InChI=1S/C11H16N4O/c1-3-5-8-7-10(16)15-11(12-8)13-9(14-15)6-4-2/h7H,3-6H2,1-2H3,(H,12,13,14). The van der Waals surface area contributed by atoms with E-state index in [4.69, 9.17) is 0 Å². The second-order valence-corrected chi connectivity index (χ2v) is 3.89. The zero-order valence-electron chi connectivity index (χ0n) is 9.66. The number of H-pyrrole nitrogens is 1. The lowest BCUT2D eigenvalue weighted by atomic mass is 10.2. The summed E-state index contributed by atoms with van der Waals surface area (Å²) in [6.07, 6.45) is 3.64. The van der Waals surface area contributed by atoms with Crippen LogP contribution in [-0.2, 0) is 12.8 Å². The summed E-state index contributed by atoms with van der Waals surface area (Å²) in [6, 6.07) is 1.57. The first-order chi connectivity index (χ1) is 7.74. The van der Waals surface area contributed by atoms with E-state index in [-0.39, 0.29) is 5.56 Å². The van der Waals surface area contributed by atoms with E-state index in [9.17, 15) is 4.79 Å². The lowest BCUT2D eigenvalue weighted by Gasteiger charge is -1.96. The van der Waals surface area contributed by atoms with Gasteiger partial charge in [-0.25, -0.2) is 4.98 Å². The van der Waals surface area contributed by atoms with E-state index in [1.165, 1.54) is 4.52 Å². The van der Waals surface area contributed by atoms with Crippen molar-refractivity contribution in [2.75, 3.05) is 0 Å². The Balaban J connectivity index is 2.50. The topological polar surface area (TPSA) is 63.0 Å². The summed E-state index contributed by atoms with van der Waals surface area (Å²) in [5.74, 6) is 1.31. The minimum atomic E-state index is -0.0803. The van der Waals surface area contributed by atoms with Crippen LogP contribution in [0.25, 0.3) is 5.78 Å². The second kappa shape index (κ2) is 4.47. The average Bonchev–Trinajstić information content (AvgIpc) is 2.62. The molecule has 86 valence electrons. The zero-order valence-corrected chi connectivity index (χ0v) is 9.66. The average molecular weight is 220 g/mol. The summed E-state index contributed by atoms with van der Waals surface area (Å²) in [5.41, 5.74) is 0.741. The molecule has 5 heteroatoms. The van der Waals surface area contributed by atoms with Gasteiger partial charge in [0.25, 0.3) is 11.3 Å². The van der Waals surface area contributed by atoms with Gasteiger partial charge in [0.15, 0.2) is 0 Å². The molecule has 0 amide bonds. The fraction of sp³-hybridized carbons (Fsp3) is 0.545. The Labute approximate surface area is 93.5 Å². The number of hydrogen-bond donors (Lipinski definition) is 1. The first kappa shape index (κ1) is 10.9. The quantitative estimate of drug-likeness (QED) is 0.845. The summed E-state index contributed by atoms with van der Waals surface area (Å²) in [5, 5.41) is 2.96. The molecule has 0 aromatic carbocycles. The Kier molecular flexibility index (Phi) is 3.03. The molecule has 0 aliphatic heterocycles. The van der Waals surface area contributed by atoms with E-state index in [1.54, 1.807) is 6.07 Å². The van der Waals surface area contributed by atoms with Crippen LogP contribution in [0.15, 0.2) is 10.9 Å². The van der Waals surface area contributed by atoms with Crippen LogP contribution in [-0.4, -0.2) is 19.6 Å². The lowest BCUT2D eigenvalue weighted by Crippen LogP contribution is -2.15. The number of hydrogen-bond acceptors (Lipinski definition) is 3. The summed E-state index contributed by atoms with van der Waals surface area (Å²) in [7, 11) is 0. The van der Waals surface area contributed by atoms with Gasteiger partial charge in [-0.1, -0.05) is 20.3 Å². The molecule has 2 aromatic rings. The monoisotopic (exact) mass is 220 g/mol. The highest BCUT2D eigenvalue weighted by Crippen LogP contribution is 2.01. The van der Waals surface area contributed by atoms with Crippen LogP contribution < -0.4 is 5.56 Å². The van der Waals surface area contributed by atoms with Crippen LogP contribution in [0.5, 0.6) is 0 Å². The number of nitrogens with zero attached hydrogens (tertiary/aromatic N) is 3. The highest BCUT2D eigenvalue weighted by Gasteiger charge is 2.06. The summed E-state index contributed by atoms with van der Waals surface area (Å²) < 4.78 is 1.41. The van der Waals surface area contributed by atoms with Crippen molar-refractivity contribution in [1.29, 1.82) is 0 Å². The van der Waals surface area contributed by atoms with Crippen molar-refractivity contribution >= 4 is 5.78 Å².